The zero-order valence-electron chi connectivity index (χ0n) is 25.1. The molecule has 0 radical (unpaired) electrons. The molecule has 1 aliphatic rings. The Morgan fingerprint density at radius 2 is 0.689 bits per heavy atom. The van der Waals surface area contributed by atoms with Crippen molar-refractivity contribution in [3.63, 3.8) is 0 Å². The Labute approximate surface area is 271 Å². The number of hydrogen-bond acceptors (Lipinski definition) is 1. The fraction of sp³-hybridized carbons (Fsp3) is 0.0811. The average molecular weight is 627 g/mol. The van der Waals surface area contributed by atoms with E-state index in [-0.39, 0.29) is 17.1 Å². The molecule has 8 heterocycles. The Balaban J connectivity index is 0.00000325. The number of aromatic nitrogens is 7. The predicted molar refractivity (Wildman–Crippen MR) is 172 cm³/mol. The Bertz CT molecular complexity index is 2340. The summed E-state index contributed by atoms with van der Waals surface area (Å²) in [6.45, 7) is 0. The number of hydrogen-bond donors (Lipinski definition) is 0. The zero-order chi connectivity index (χ0) is 29.8. The molecule has 0 atom stereocenters. The van der Waals surface area contributed by atoms with Gasteiger partial charge in [0, 0.05) is 36.4 Å². The third-order valence-corrected chi connectivity index (χ3v) is 8.16. The van der Waals surface area contributed by atoms with Gasteiger partial charge in [-0.05, 0) is 45.5 Å². The van der Waals surface area contributed by atoms with Crippen LogP contribution in [0.5, 0.6) is 0 Å². The molecule has 0 fully saturated rings. The Morgan fingerprint density at radius 1 is 0.400 bits per heavy atom. The van der Waals surface area contributed by atoms with E-state index in [1.54, 1.807) is 0 Å². The van der Waals surface area contributed by atoms with Gasteiger partial charge in [0.25, 0.3) is 0 Å². The first-order chi connectivity index (χ1) is 21.5. The van der Waals surface area contributed by atoms with E-state index in [1.165, 1.54) is 0 Å². The minimum atomic E-state index is 0. The van der Waals surface area contributed by atoms with E-state index in [4.69, 9.17) is 19.9 Å². The van der Waals surface area contributed by atoms with Gasteiger partial charge in [-0.3, -0.25) is 0 Å². The second kappa shape index (κ2) is 11.3. The van der Waals surface area contributed by atoms with Crippen LogP contribution in [0.15, 0.2) is 110 Å². The molecule has 1 aliphatic heterocycles. The summed E-state index contributed by atoms with van der Waals surface area (Å²) in [6.07, 6.45) is 16.5. The van der Waals surface area contributed by atoms with Gasteiger partial charge in [0.05, 0.1) is 11.4 Å². The maximum Gasteiger partial charge on any atom is 3.00 e. The summed E-state index contributed by atoms with van der Waals surface area (Å²) in [5.41, 5.74) is 12.9. The number of rotatable bonds is 3. The number of pyridine rings is 3. The third kappa shape index (κ3) is 5.14. The molecule has 0 spiro atoms. The van der Waals surface area contributed by atoms with Crippen LogP contribution in [0.25, 0.3) is 78.6 Å². The van der Waals surface area contributed by atoms with Crippen LogP contribution in [0.4, 0.5) is 0 Å². The minimum absolute atomic E-state index is 0. The first-order valence-electron chi connectivity index (χ1n) is 14.6. The van der Waals surface area contributed by atoms with Crippen molar-refractivity contribution in [2.75, 3.05) is 0 Å². The topological polar surface area (TPSA) is 66.8 Å². The van der Waals surface area contributed by atoms with Gasteiger partial charge in [-0.2, -0.15) is 11.0 Å². The van der Waals surface area contributed by atoms with Gasteiger partial charge in [0.2, 0.25) is 0 Å². The van der Waals surface area contributed by atoms with Gasteiger partial charge in [-0.15, -0.1) is 22.1 Å². The van der Waals surface area contributed by atoms with Gasteiger partial charge in [0.1, 0.15) is 21.1 Å². The fourth-order valence-electron chi connectivity index (χ4n) is 5.85. The van der Waals surface area contributed by atoms with E-state index in [1.807, 2.05) is 47.0 Å². The molecule has 0 saturated heterocycles. The summed E-state index contributed by atoms with van der Waals surface area (Å²) in [4.78, 5) is 20.7. The Kier molecular flexibility index (Phi) is 7.16. The summed E-state index contributed by atoms with van der Waals surface area (Å²) in [5, 5.41) is 0. The molecule has 7 aromatic rings. The molecular formula is C37H29MnN7+3. The van der Waals surface area contributed by atoms with Gasteiger partial charge in [0.15, 0.2) is 37.2 Å². The van der Waals surface area contributed by atoms with E-state index in [0.29, 0.717) is 0 Å². The van der Waals surface area contributed by atoms with Crippen LogP contribution in [0.3, 0.4) is 0 Å². The zero-order valence-corrected chi connectivity index (χ0v) is 26.2. The Hall–Kier alpha value is -5.30. The quantitative estimate of drug-likeness (QED) is 0.203. The fourth-order valence-corrected chi connectivity index (χ4v) is 5.85. The summed E-state index contributed by atoms with van der Waals surface area (Å²) in [7, 11) is 6.06. The van der Waals surface area contributed by atoms with E-state index in [9.17, 15) is 0 Å². The van der Waals surface area contributed by atoms with Crippen LogP contribution in [0.1, 0.15) is 11.4 Å². The van der Waals surface area contributed by atoms with Gasteiger partial charge in [-0.25, -0.2) is 18.7 Å². The third-order valence-electron chi connectivity index (χ3n) is 8.16. The first-order valence-corrected chi connectivity index (χ1v) is 14.6. The van der Waals surface area contributed by atoms with Crippen molar-refractivity contribution < 1.29 is 30.8 Å². The molecule has 0 saturated carbocycles. The molecule has 7 nitrogen and oxygen atoms in total. The summed E-state index contributed by atoms with van der Waals surface area (Å²) >= 11 is 0. The number of fused-ring (bicyclic) bond motifs is 9. The van der Waals surface area contributed by atoms with Crippen molar-refractivity contribution in [2.24, 2.45) is 21.1 Å². The number of nitrogens with zero attached hydrogens (tertiary/aromatic N) is 7. The average Bonchev–Trinajstić information content (AvgIpc) is 3.85. The van der Waals surface area contributed by atoms with Crippen molar-refractivity contribution >= 4 is 45.3 Å². The smallest absolute Gasteiger partial charge is 0.658 e. The van der Waals surface area contributed by atoms with Crippen LogP contribution in [0, 0.1) is 0 Å². The second-order valence-electron chi connectivity index (χ2n) is 11.2. The van der Waals surface area contributed by atoms with E-state index in [0.717, 1.165) is 77.9 Å². The van der Waals surface area contributed by atoms with Crippen molar-refractivity contribution in [2.45, 2.75) is 0 Å². The van der Waals surface area contributed by atoms with Gasteiger partial charge >= 0.3 is 17.1 Å². The molecule has 8 rings (SSSR count). The summed E-state index contributed by atoms with van der Waals surface area (Å²) in [5.74, 6) is 0. The van der Waals surface area contributed by atoms with Gasteiger partial charge in [-0.1, -0.05) is 36.4 Å². The molecule has 0 aromatic carbocycles. The molecule has 8 heteroatoms. The van der Waals surface area contributed by atoms with Crippen LogP contribution in [-0.2, 0) is 38.2 Å². The van der Waals surface area contributed by atoms with Crippen molar-refractivity contribution in [1.82, 2.24) is 19.9 Å². The van der Waals surface area contributed by atoms with E-state index in [2.05, 4.69) is 110 Å². The predicted octanol–water partition coefficient (Wildman–Crippen LogP) is 5.06. The summed E-state index contributed by atoms with van der Waals surface area (Å²) < 4.78 is 6.09. The maximum absolute atomic E-state index is 5.26. The minimum Gasteiger partial charge on any atom is -0.658 e. The van der Waals surface area contributed by atoms with E-state index >= 15 is 0 Å². The van der Waals surface area contributed by atoms with Crippen molar-refractivity contribution in [3.8, 4) is 33.4 Å². The van der Waals surface area contributed by atoms with Crippen LogP contribution in [0.2, 0.25) is 0 Å². The van der Waals surface area contributed by atoms with Crippen LogP contribution < -0.4 is 28.7 Å². The Morgan fingerprint density at radius 3 is 1.07 bits per heavy atom. The van der Waals surface area contributed by atoms with Crippen molar-refractivity contribution in [1.29, 1.82) is 0 Å². The molecular weight excluding hydrogens is 597 g/mol. The molecule has 45 heavy (non-hydrogen) atoms. The SMILES string of the molecule is C[n+]1ccc(-c2c3nc(c(-c4cc[n+](C)cc4)c4ccc([n-]4)c4ccc([n-]4)c(-c4cc[n+](C)cc4)c4ccc2[n-]4)C=C3)cc1.[Mn+3]. The largest absolute Gasteiger partial charge is 3.00 e. The molecule has 216 valence electrons. The molecule has 8 bridgehead atoms. The first kappa shape index (κ1) is 28.5. The molecule has 0 amide bonds. The molecule has 7 aromatic heterocycles. The van der Waals surface area contributed by atoms with E-state index < -0.39 is 0 Å². The molecule has 0 N–H and O–H groups in total. The van der Waals surface area contributed by atoms with Gasteiger partial charge < -0.3 is 15.0 Å². The monoisotopic (exact) mass is 626 g/mol. The van der Waals surface area contributed by atoms with Crippen molar-refractivity contribution in [3.05, 3.63) is 121 Å². The second-order valence-corrected chi connectivity index (χ2v) is 11.2. The summed E-state index contributed by atoms with van der Waals surface area (Å²) in [6, 6.07) is 25.1. The standard InChI is InChI=1S/C37H29N7.Mn/c1-42-18-12-24(13-19-42)35-29-6-4-27(38-29)28-5-7-30(39-28)36(25-14-20-43(2)21-15-25)32-9-11-34(41-32)37(33-10-8-31(35)40-33)26-16-22-44(3)23-17-26;/h4-23H,1-3H3;/q;+3. The molecule has 0 unspecified atom stereocenters. The van der Waals surface area contributed by atoms with Crippen LogP contribution in [-0.4, -0.2) is 4.98 Å². The van der Waals surface area contributed by atoms with Crippen LogP contribution >= 0.6 is 0 Å². The maximum atomic E-state index is 5.26. The normalized spacial score (nSPS) is 11.6. The molecule has 0 aliphatic carbocycles. The number of aryl methyl sites for hydroxylation is 3.